The van der Waals surface area contributed by atoms with Crippen LogP contribution in [0.2, 0.25) is 0 Å². The SMILES string of the molecule is C=CC(C)NC(=O)c1cccc(N)c1Br. The molecule has 0 aromatic heterocycles. The summed E-state index contributed by atoms with van der Waals surface area (Å²) < 4.78 is 0.624. The van der Waals surface area contributed by atoms with Crippen LogP contribution in [-0.4, -0.2) is 11.9 Å². The van der Waals surface area contributed by atoms with Crippen molar-refractivity contribution in [3.63, 3.8) is 0 Å². The van der Waals surface area contributed by atoms with Crippen molar-refractivity contribution in [3.8, 4) is 0 Å². The number of hydrogen-bond acceptors (Lipinski definition) is 2. The van der Waals surface area contributed by atoms with E-state index in [4.69, 9.17) is 5.73 Å². The normalized spacial score (nSPS) is 11.9. The number of carbonyl (C=O) groups excluding carboxylic acids is 1. The predicted octanol–water partition coefficient (Wildman–Crippen LogP) is 2.34. The molecule has 0 saturated carbocycles. The zero-order valence-electron chi connectivity index (χ0n) is 8.46. The van der Waals surface area contributed by atoms with E-state index in [1.165, 1.54) is 0 Å². The fourth-order valence-electron chi connectivity index (χ4n) is 1.07. The van der Waals surface area contributed by atoms with Gasteiger partial charge in [-0.15, -0.1) is 6.58 Å². The van der Waals surface area contributed by atoms with Crippen molar-refractivity contribution < 1.29 is 4.79 Å². The second-order valence-electron chi connectivity index (χ2n) is 3.21. The third kappa shape index (κ3) is 2.83. The Hall–Kier alpha value is -1.29. The summed E-state index contributed by atoms with van der Waals surface area (Å²) in [6, 6.07) is 5.13. The first-order valence-electron chi connectivity index (χ1n) is 4.53. The molecule has 0 heterocycles. The van der Waals surface area contributed by atoms with E-state index in [9.17, 15) is 4.79 Å². The Balaban J connectivity index is 2.91. The molecule has 1 rings (SSSR count). The van der Waals surface area contributed by atoms with Crippen molar-refractivity contribution in [2.24, 2.45) is 0 Å². The zero-order valence-corrected chi connectivity index (χ0v) is 10.0. The molecule has 0 bridgehead atoms. The van der Waals surface area contributed by atoms with E-state index in [1.54, 1.807) is 24.3 Å². The van der Waals surface area contributed by atoms with Crippen molar-refractivity contribution in [1.82, 2.24) is 5.32 Å². The van der Waals surface area contributed by atoms with Crippen LogP contribution in [-0.2, 0) is 0 Å². The first-order chi connectivity index (χ1) is 7.06. The minimum atomic E-state index is -0.165. The lowest BCUT2D eigenvalue weighted by molar-refractivity contribution is 0.0946. The number of nitrogens with two attached hydrogens (primary N) is 1. The highest BCUT2D eigenvalue weighted by Crippen LogP contribution is 2.23. The third-order valence-electron chi connectivity index (χ3n) is 1.99. The average molecular weight is 269 g/mol. The van der Waals surface area contributed by atoms with E-state index in [1.807, 2.05) is 6.92 Å². The third-order valence-corrected chi connectivity index (χ3v) is 2.87. The number of carbonyl (C=O) groups is 1. The molecule has 0 spiro atoms. The minimum Gasteiger partial charge on any atom is -0.398 e. The average Bonchev–Trinajstić information content (AvgIpc) is 2.21. The second kappa shape index (κ2) is 4.98. The Labute approximate surface area is 97.5 Å². The molecule has 80 valence electrons. The van der Waals surface area contributed by atoms with Gasteiger partial charge in [-0.2, -0.15) is 0 Å². The monoisotopic (exact) mass is 268 g/mol. The molecule has 3 N–H and O–H groups in total. The number of nitrogens with one attached hydrogen (secondary N) is 1. The molecule has 1 aromatic carbocycles. The number of benzene rings is 1. The van der Waals surface area contributed by atoms with Crippen molar-refractivity contribution in [3.05, 3.63) is 40.9 Å². The van der Waals surface area contributed by atoms with Crippen LogP contribution in [0.3, 0.4) is 0 Å². The predicted molar refractivity (Wildman–Crippen MR) is 65.7 cm³/mol. The second-order valence-corrected chi connectivity index (χ2v) is 4.00. The van der Waals surface area contributed by atoms with Gasteiger partial charge in [0.1, 0.15) is 0 Å². The molecular weight excluding hydrogens is 256 g/mol. The Bertz CT molecular complexity index is 390. The number of anilines is 1. The van der Waals surface area contributed by atoms with Gasteiger partial charge in [-0.1, -0.05) is 12.1 Å². The van der Waals surface area contributed by atoms with Crippen LogP contribution in [0, 0.1) is 0 Å². The molecule has 0 aliphatic rings. The van der Waals surface area contributed by atoms with Crippen LogP contribution >= 0.6 is 15.9 Å². The Morgan fingerprint density at radius 2 is 2.33 bits per heavy atom. The highest BCUT2D eigenvalue weighted by atomic mass is 79.9. The maximum absolute atomic E-state index is 11.7. The Morgan fingerprint density at radius 1 is 1.67 bits per heavy atom. The Morgan fingerprint density at radius 3 is 2.93 bits per heavy atom. The standard InChI is InChI=1S/C11H13BrN2O/c1-3-7(2)14-11(15)8-5-4-6-9(13)10(8)12/h3-7H,1,13H2,2H3,(H,14,15). The van der Waals surface area contributed by atoms with Crippen LogP contribution in [0.4, 0.5) is 5.69 Å². The van der Waals surface area contributed by atoms with Crippen molar-refractivity contribution >= 4 is 27.5 Å². The van der Waals surface area contributed by atoms with Crippen LogP contribution in [0.1, 0.15) is 17.3 Å². The molecule has 1 atom stereocenters. The highest BCUT2D eigenvalue weighted by Gasteiger charge is 2.12. The largest absolute Gasteiger partial charge is 0.398 e. The van der Waals surface area contributed by atoms with E-state index in [-0.39, 0.29) is 11.9 Å². The summed E-state index contributed by atoms with van der Waals surface area (Å²) in [5, 5.41) is 2.77. The fourth-order valence-corrected chi connectivity index (χ4v) is 1.51. The minimum absolute atomic E-state index is 0.0640. The number of halogens is 1. The van der Waals surface area contributed by atoms with Gasteiger partial charge in [0.2, 0.25) is 0 Å². The number of rotatable bonds is 3. The quantitative estimate of drug-likeness (QED) is 0.653. The van der Waals surface area contributed by atoms with E-state index < -0.39 is 0 Å². The van der Waals surface area contributed by atoms with Gasteiger partial charge in [0, 0.05) is 11.7 Å². The van der Waals surface area contributed by atoms with Gasteiger partial charge in [0.15, 0.2) is 0 Å². The van der Waals surface area contributed by atoms with Gasteiger partial charge in [0.25, 0.3) is 5.91 Å². The maximum Gasteiger partial charge on any atom is 0.252 e. The molecule has 15 heavy (non-hydrogen) atoms. The van der Waals surface area contributed by atoms with Crippen LogP contribution in [0.25, 0.3) is 0 Å². The van der Waals surface area contributed by atoms with Crippen molar-refractivity contribution in [2.75, 3.05) is 5.73 Å². The van der Waals surface area contributed by atoms with E-state index in [0.29, 0.717) is 15.7 Å². The molecule has 0 aliphatic heterocycles. The Kier molecular flexibility index (Phi) is 3.91. The van der Waals surface area contributed by atoms with Crippen molar-refractivity contribution in [1.29, 1.82) is 0 Å². The van der Waals surface area contributed by atoms with Crippen molar-refractivity contribution in [2.45, 2.75) is 13.0 Å². The molecule has 1 unspecified atom stereocenters. The summed E-state index contributed by atoms with van der Waals surface area (Å²) >= 11 is 3.28. The molecule has 0 saturated heterocycles. The molecule has 3 nitrogen and oxygen atoms in total. The summed E-state index contributed by atoms with van der Waals surface area (Å²) in [7, 11) is 0. The molecule has 1 aromatic rings. The van der Waals surface area contributed by atoms with E-state index in [0.717, 1.165) is 0 Å². The van der Waals surface area contributed by atoms with Crippen LogP contribution < -0.4 is 11.1 Å². The molecular formula is C11H13BrN2O. The molecule has 0 fully saturated rings. The lowest BCUT2D eigenvalue weighted by Crippen LogP contribution is -2.31. The van der Waals surface area contributed by atoms with Gasteiger partial charge >= 0.3 is 0 Å². The van der Waals surface area contributed by atoms with E-state index >= 15 is 0 Å². The highest BCUT2D eigenvalue weighted by molar-refractivity contribution is 9.10. The lowest BCUT2D eigenvalue weighted by atomic mass is 10.2. The van der Waals surface area contributed by atoms with Crippen LogP contribution in [0.5, 0.6) is 0 Å². The van der Waals surface area contributed by atoms with Crippen LogP contribution in [0.15, 0.2) is 35.3 Å². The first kappa shape index (κ1) is 11.8. The molecule has 1 amide bonds. The summed E-state index contributed by atoms with van der Waals surface area (Å²) in [6.45, 7) is 5.45. The smallest absolute Gasteiger partial charge is 0.252 e. The fraction of sp³-hybridized carbons (Fsp3) is 0.182. The first-order valence-corrected chi connectivity index (χ1v) is 5.33. The summed E-state index contributed by atoms with van der Waals surface area (Å²) in [4.78, 5) is 11.7. The van der Waals surface area contributed by atoms with Gasteiger partial charge in [-0.3, -0.25) is 4.79 Å². The number of nitrogen functional groups attached to an aromatic ring is 1. The molecule has 4 heteroatoms. The maximum atomic E-state index is 11.7. The van der Waals surface area contributed by atoms with E-state index in [2.05, 4.69) is 27.8 Å². The van der Waals surface area contributed by atoms with Gasteiger partial charge in [-0.25, -0.2) is 0 Å². The summed E-state index contributed by atoms with van der Waals surface area (Å²) in [6.07, 6.45) is 1.66. The summed E-state index contributed by atoms with van der Waals surface area (Å²) in [5.74, 6) is -0.165. The molecule has 0 radical (unpaired) electrons. The number of amides is 1. The summed E-state index contributed by atoms with van der Waals surface area (Å²) in [5.41, 5.74) is 6.76. The van der Waals surface area contributed by atoms with Gasteiger partial charge in [-0.05, 0) is 35.0 Å². The topological polar surface area (TPSA) is 55.1 Å². The van der Waals surface area contributed by atoms with Gasteiger partial charge < -0.3 is 11.1 Å². The zero-order chi connectivity index (χ0) is 11.4. The number of hydrogen-bond donors (Lipinski definition) is 2. The molecule has 0 aliphatic carbocycles. The lowest BCUT2D eigenvalue weighted by Gasteiger charge is -2.11. The van der Waals surface area contributed by atoms with Gasteiger partial charge in [0.05, 0.1) is 10.0 Å².